The van der Waals surface area contributed by atoms with Crippen LogP contribution in [0.2, 0.25) is 0 Å². The summed E-state index contributed by atoms with van der Waals surface area (Å²) < 4.78 is 33.7. The third-order valence-electron chi connectivity index (χ3n) is 5.29. The molecule has 0 radical (unpaired) electrons. The van der Waals surface area contributed by atoms with Gasteiger partial charge in [0.1, 0.15) is 10.5 Å². The first-order valence-electron chi connectivity index (χ1n) is 9.58. The Morgan fingerprint density at radius 1 is 1.30 bits per heavy atom. The number of sulfonamides is 1. The highest BCUT2D eigenvalue weighted by Crippen LogP contribution is 2.26. The number of anilines is 1. The number of hydrogen-bond acceptors (Lipinski definition) is 6. The maximum absolute atomic E-state index is 12.8. The number of aryl methyl sites for hydroxylation is 2. The van der Waals surface area contributed by atoms with Crippen LogP contribution in [0.5, 0.6) is 0 Å². The number of rotatable bonds is 4. The number of carbonyl (C=O) groups excluding carboxylic acids is 1. The van der Waals surface area contributed by atoms with E-state index in [4.69, 9.17) is 4.42 Å². The van der Waals surface area contributed by atoms with Gasteiger partial charge >= 0.3 is 5.63 Å². The van der Waals surface area contributed by atoms with E-state index in [-0.39, 0.29) is 17.3 Å². The molecule has 0 spiro atoms. The Morgan fingerprint density at radius 2 is 2.10 bits per heavy atom. The quantitative estimate of drug-likeness (QED) is 0.632. The third kappa shape index (κ3) is 3.88. The summed E-state index contributed by atoms with van der Waals surface area (Å²) in [6, 6.07) is 6.54. The van der Waals surface area contributed by atoms with Gasteiger partial charge in [0.25, 0.3) is 0 Å². The lowest BCUT2D eigenvalue weighted by Gasteiger charge is -2.30. The highest BCUT2D eigenvalue weighted by molar-refractivity contribution is 7.89. The number of fused-ring (bicyclic) bond motifs is 1. The third-order valence-corrected chi connectivity index (χ3v) is 7.11. The summed E-state index contributed by atoms with van der Waals surface area (Å²) in [4.78, 5) is 24.5. The van der Waals surface area contributed by atoms with E-state index in [9.17, 15) is 18.0 Å². The van der Waals surface area contributed by atoms with Crippen LogP contribution in [-0.2, 0) is 21.9 Å². The topological polar surface area (TPSA) is 115 Å². The van der Waals surface area contributed by atoms with Gasteiger partial charge in [-0.3, -0.25) is 9.48 Å². The number of aromatic nitrogens is 2. The smallest absolute Gasteiger partial charge is 0.336 e. The minimum absolute atomic E-state index is 0.102. The van der Waals surface area contributed by atoms with Crippen molar-refractivity contribution in [2.24, 2.45) is 13.0 Å². The maximum Gasteiger partial charge on any atom is 0.336 e. The molecule has 0 saturated carbocycles. The fourth-order valence-corrected chi connectivity index (χ4v) is 5.21. The van der Waals surface area contributed by atoms with Crippen molar-refractivity contribution in [3.05, 3.63) is 52.6 Å². The Hall–Kier alpha value is -2.98. The van der Waals surface area contributed by atoms with Crippen molar-refractivity contribution in [2.75, 3.05) is 18.4 Å². The lowest BCUT2D eigenvalue weighted by Crippen LogP contribution is -2.43. The van der Waals surface area contributed by atoms with Crippen molar-refractivity contribution in [2.45, 2.75) is 24.7 Å². The lowest BCUT2D eigenvalue weighted by molar-refractivity contribution is -0.120. The second-order valence-electron chi connectivity index (χ2n) is 7.50. The number of benzene rings is 1. The Kier molecular flexibility index (Phi) is 5.20. The molecule has 4 rings (SSSR count). The summed E-state index contributed by atoms with van der Waals surface area (Å²) in [5.41, 5.74) is 1.23. The molecule has 1 aliphatic rings. The average Bonchev–Trinajstić information content (AvgIpc) is 3.15. The van der Waals surface area contributed by atoms with E-state index in [1.54, 1.807) is 25.2 Å². The molecule has 1 N–H and O–H groups in total. The van der Waals surface area contributed by atoms with E-state index >= 15 is 0 Å². The second kappa shape index (κ2) is 7.69. The van der Waals surface area contributed by atoms with Crippen molar-refractivity contribution in [3.8, 4) is 0 Å². The molecule has 3 heterocycles. The first kappa shape index (κ1) is 20.3. The van der Waals surface area contributed by atoms with Crippen molar-refractivity contribution in [3.63, 3.8) is 0 Å². The average molecular weight is 430 g/mol. The standard InChI is InChI=1S/C20H22N4O5S/c1-13-8-19(25)29-18-9-15(5-6-17(13)18)22-20(26)14-4-3-7-24(11-14)30(27,28)16-10-21-23(2)12-16/h5-6,8-10,12,14H,3-4,7,11H2,1-2H3,(H,22,26). The molecule has 1 atom stereocenters. The van der Waals surface area contributed by atoms with Gasteiger partial charge in [-0.05, 0) is 37.5 Å². The number of carbonyl (C=O) groups is 1. The largest absolute Gasteiger partial charge is 0.423 e. The molecule has 10 heteroatoms. The van der Waals surface area contributed by atoms with Crippen molar-refractivity contribution < 1.29 is 17.6 Å². The van der Waals surface area contributed by atoms with Crippen molar-refractivity contribution >= 4 is 32.6 Å². The molecule has 0 aliphatic carbocycles. The molecular formula is C20H22N4O5S. The first-order chi connectivity index (χ1) is 14.2. The molecule has 158 valence electrons. The minimum Gasteiger partial charge on any atom is -0.423 e. The van der Waals surface area contributed by atoms with E-state index in [0.29, 0.717) is 30.7 Å². The van der Waals surface area contributed by atoms with Crippen LogP contribution in [0, 0.1) is 12.8 Å². The van der Waals surface area contributed by atoms with Gasteiger partial charge in [-0.2, -0.15) is 9.40 Å². The molecule has 1 fully saturated rings. The van der Waals surface area contributed by atoms with Crippen LogP contribution in [0.15, 0.2) is 50.8 Å². The van der Waals surface area contributed by atoms with Gasteiger partial charge in [0.15, 0.2) is 0 Å². The fourth-order valence-electron chi connectivity index (χ4n) is 3.70. The van der Waals surface area contributed by atoms with E-state index in [2.05, 4.69) is 10.4 Å². The molecule has 3 aromatic rings. The van der Waals surface area contributed by atoms with Crippen LogP contribution in [-0.4, -0.2) is 41.5 Å². The van der Waals surface area contributed by atoms with E-state index in [1.807, 2.05) is 6.92 Å². The van der Waals surface area contributed by atoms with E-state index in [0.717, 1.165) is 10.9 Å². The predicted octanol–water partition coefficient (Wildman–Crippen LogP) is 1.87. The normalized spacial score (nSPS) is 17.9. The second-order valence-corrected chi connectivity index (χ2v) is 9.44. The molecule has 0 bridgehead atoms. The van der Waals surface area contributed by atoms with E-state index in [1.165, 1.54) is 27.4 Å². The SMILES string of the molecule is Cc1cc(=O)oc2cc(NC(=O)C3CCCN(S(=O)(=O)c4cnn(C)c4)C3)ccc12. The molecule has 30 heavy (non-hydrogen) atoms. The summed E-state index contributed by atoms with van der Waals surface area (Å²) in [5, 5.41) is 7.54. The summed E-state index contributed by atoms with van der Waals surface area (Å²) in [5.74, 6) is -0.749. The Morgan fingerprint density at radius 3 is 2.83 bits per heavy atom. The monoisotopic (exact) mass is 430 g/mol. The summed E-state index contributed by atoms with van der Waals surface area (Å²) in [7, 11) is -2.05. The van der Waals surface area contributed by atoms with Crippen LogP contribution in [0.4, 0.5) is 5.69 Å². The van der Waals surface area contributed by atoms with Crippen LogP contribution in [0.1, 0.15) is 18.4 Å². The summed E-state index contributed by atoms with van der Waals surface area (Å²) >= 11 is 0. The van der Waals surface area contributed by atoms with Crippen LogP contribution in [0.3, 0.4) is 0 Å². The number of nitrogens with one attached hydrogen (secondary N) is 1. The van der Waals surface area contributed by atoms with Gasteiger partial charge in [-0.25, -0.2) is 13.2 Å². The minimum atomic E-state index is -3.70. The predicted molar refractivity (Wildman–Crippen MR) is 111 cm³/mol. The number of hydrogen-bond donors (Lipinski definition) is 1. The fraction of sp³-hybridized carbons (Fsp3) is 0.350. The molecule has 1 aromatic carbocycles. The van der Waals surface area contributed by atoms with Gasteiger partial charge in [-0.1, -0.05) is 0 Å². The van der Waals surface area contributed by atoms with Crippen molar-refractivity contribution in [1.82, 2.24) is 14.1 Å². The van der Waals surface area contributed by atoms with Gasteiger partial charge in [0, 0.05) is 49.5 Å². The lowest BCUT2D eigenvalue weighted by atomic mass is 9.98. The Labute approximate surface area is 173 Å². The van der Waals surface area contributed by atoms with Gasteiger partial charge < -0.3 is 9.73 Å². The Bertz CT molecular complexity index is 1280. The van der Waals surface area contributed by atoms with Crippen LogP contribution < -0.4 is 10.9 Å². The zero-order valence-corrected chi connectivity index (χ0v) is 17.5. The van der Waals surface area contributed by atoms with Crippen LogP contribution in [0.25, 0.3) is 11.0 Å². The molecule has 1 unspecified atom stereocenters. The highest BCUT2D eigenvalue weighted by Gasteiger charge is 2.34. The van der Waals surface area contributed by atoms with Crippen LogP contribution >= 0.6 is 0 Å². The van der Waals surface area contributed by atoms with Crippen molar-refractivity contribution in [1.29, 1.82) is 0 Å². The highest BCUT2D eigenvalue weighted by atomic mass is 32.2. The number of piperidine rings is 1. The number of nitrogens with zero attached hydrogens (tertiary/aromatic N) is 3. The molecule has 2 aromatic heterocycles. The van der Waals surface area contributed by atoms with E-state index < -0.39 is 21.6 Å². The maximum atomic E-state index is 12.8. The summed E-state index contributed by atoms with van der Waals surface area (Å²) in [6.45, 7) is 2.28. The van der Waals surface area contributed by atoms with Gasteiger partial charge in [-0.15, -0.1) is 0 Å². The molecule has 1 aliphatic heterocycles. The summed E-state index contributed by atoms with van der Waals surface area (Å²) in [6.07, 6.45) is 3.93. The Balaban J connectivity index is 1.51. The van der Waals surface area contributed by atoms with Gasteiger partial charge in [0.2, 0.25) is 15.9 Å². The number of amides is 1. The molecule has 9 nitrogen and oxygen atoms in total. The molecular weight excluding hydrogens is 408 g/mol. The van der Waals surface area contributed by atoms with Gasteiger partial charge in [0.05, 0.1) is 12.1 Å². The zero-order chi connectivity index (χ0) is 21.5. The first-order valence-corrected chi connectivity index (χ1v) is 11.0. The molecule has 1 amide bonds. The molecule has 1 saturated heterocycles. The zero-order valence-electron chi connectivity index (χ0n) is 16.7.